The Morgan fingerprint density at radius 2 is 2.00 bits per heavy atom. The Hall–Kier alpha value is -2.31. The average Bonchev–Trinajstić information content (AvgIpc) is 3.46. The van der Waals surface area contributed by atoms with Crippen LogP contribution in [0.15, 0.2) is 36.4 Å². The summed E-state index contributed by atoms with van der Waals surface area (Å²) in [7, 11) is 0. The van der Waals surface area contributed by atoms with Crippen LogP contribution in [0, 0.1) is 17.6 Å². The van der Waals surface area contributed by atoms with Crippen LogP contribution < -0.4 is 5.32 Å². The van der Waals surface area contributed by atoms with Crippen LogP contribution in [-0.4, -0.2) is 18.6 Å². The van der Waals surface area contributed by atoms with E-state index in [2.05, 4.69) is 5.32 Å². The van der Waals surface area contributed by atoms with Crippen molar-refractivity contribution < 1.29 is 23.0 Å². The average molecular weight is 385 g/mol. The Bertz CT molecular complexity index is 943. The van der Waals surface area contributed by atoms with Gasteiger partial charge in [-0.3, -0.25) is 4.79 Å². The lowest BCUT2D eigenvalue weighted by atomic mass is 9.97. The minimum Gasteiger partial charge on any atom is -0.338 e. The smallest absolute Gasteiger partial charge is 0.289 e. The summed E-state index contributed by atoms with van der Waals surface area (Å²) in [6.45, 7) is 0.451. The van der Waals surface area contributed by atoms with E-state index in [9.17, 15) is 13.6 Å². The third-order valence-corrected chi connectivity index (χ3v) is 5.78. The second-order valence-corrected chi connectivity index (χ2v) is 7.90. The first-order valence-electron chi connectivity index (χ1n) is 9.75. The summed E-state index contributed by atoms with van der Waals surface area (Å²) in [6.07, 6.45) is 4.37. The van der Waals surface area contributed by atoms with Gasteiger partial charge in [0.2, 0.25) is 0 Å². The maximum absolute atomic E-state index is 14.1. The molecule has 1 saturated heterocycles. The molecule has 1 spiro atoms. The molecule has 0 radical (unpaired) electrons. The van der Waals surface area contributed by atoms with Gasteiger partial charge in [0.05, 0.1) is 18.4 Å². The van der Waals surface area contributed by atoms with Crippen LogP contribution in [0.25, 0.3) is 0 Å². The zero-order valence-electron chi connectivity index (χ0n) is 15.3. The number of fused-ring (bicyclic) bond motifs is 2. The molecular formula is C22H21F2NO3. The fraction of sp³-hybridized carbons (Fsp3) is 0.409. The molecule has 2 aromatic rings. The molecule has 146 valence electrons. The van der Waals surface area contributed by atoms with Gasteiger partial charge in [-0.2, -0.15) is 0 Å². The minimum absolute atomic E-state index is 0.0118. The molecule has 2 aromatic carbocycles. The zero-order chi connectivity index (χ0) is 19.3. The van der Waals surface area contributed by atoms with Crippen molar-refractivity contribution in [3.8, 4) is 0 Å². The minimum atomic E-state index is -1.44. The lowest BCUT2D eigenvalue weighted by Gasteiger charge is -2.37. The van der Waals surface area contributed by atoms with Crippen molar-refractivity contribution in [2.45, 2.75) is 44.0 Å². The third-order valence-electron chi connectivity index (χ3n) is 5.78. The maximum atomic E-state index is 14.1. The lowest BCUT2D eigenvalue weighted by Crippen LogP contribution is -2.47. The molecule has 2 heterocycles. The number of nitrogens with one attached hydrogen (secondary N) is 1. The van der Waals surface area contributed by atoms with Crippen LogP contribution in [0.4, 0.5) is 14.5 Å². The maximum Gasteiger partial charge on any atom is 0.289 e. The van der Waals surface area contributed by atoms with E-state index in [0.717, 1.165) is 24.5 Å². The molecule has 2 aliphatic heterocycles. The zero-order valence-corrected chi connectivity index (χ0v) is 15.3. The Morgan fingerprint density at radius 3 is 2.82 bits per heavy atom. The topological polar surface area (TPSA) is 47.6 Å². The van der Waals surface area contributed by atoms with Crippen molar-refractivity contribution in [2.75, 3.05) is 11.9 Å². The molecule has 5 rings (SSSR count). The number of anilines is 1. The molecule has 1 saturated carbocycles. The molecule has 4 nitrogen and oxygen atoms in total. The van der Waals surface area contributed by atoms with Crippen molar-refractivity contribution >= 4 is 11.6 Å². The molecule has 6 heteroatoms. The Morgan fingerprint density at radius 1 is 1.14 bits per heavy atom. The number of rotatable bonds is 4. The number of hydrogen-bond acceptors (Lipinski definition) is 3. The van der Waals surface area contributed by atoms with E-state index >= 15 is 0 Å². The van der Waals surface area contributed by atoms with Crippen molar-refractivity contribution in [1.29, 1.82) is 0 Å². The van der Waals surface area contributed by atoms with Crippen molar-refractivity contribution in [3.05, 3.63) is 64.7 Å². The normalized spacial score (nSPS) is 26.4. The molecular weight excluding hydrogens is 364 g/mol. The van der Waals surface area contributed by atoms with Crippen LogP contribution in [0.1, 0.15) is 42.4 Å². The van der Waals surface area contributed by atoms with Crippen LogP contribution in [0.3, 0.4) is 0 Å². The molecule has 1 aliphatic carbocycles. The number of amides is 1. The van der Waals surface area contributed by atoms with Crippen LogP contribution in [-0.2, 0) is 26.5 Å². The van der Waals surface area contributed by atoms with E-state index < -0.39 is 17.4 Å². The van der Waals surface area contributed by atoms with Gasteiger partial charge in [-0.25, -0.2) is 8.78 Å². The lowest BCUT2D eigenvalue weighted by molar-refractivity contribution is -0.281. The quantitative estimate of drug-likeness (QED) is 0.855. The van der Waals surface area contributed by atoms with Gasteiger partial charge in [-0.05, 0) is 48.1 Å². The first-order valence-corrected chi connectivity index (χ1v) is 9.75. The van der Waals surface area contributed by atoms with Crippen molar-refractivity contribution in [1.82, 2.24) is 0 Å². The highest BCUT2D eigenvalue weighted by molar-refractivity contribution is 6.04. The second-order valence-electron chi connectivity index (χ2n) is 7.90. The summed E-state index contributed by atoms with van der Waals surface area (Å²) in [5.74, 6) is -2.79. The highest BCUT2D eigenvalue weighted by Crippen LogP contribution is 2.46. The van der Waals surface area contributed by atoms with Gasteiger partial charge in [-0.15, -0.1) is 0 Å². The highest BCUT2D eigenvalue weighted by atomic mass is 19.2. The fourth-order valence-corrected chi connectivity index (χ4v) is 4.13. The number of halogens is 2. The van der Waals surface area contributed by atoms with E-state index in [1.165, 1.54) is 18.9 Å². The summed E-state index contributed by atoms with van der Waals surface area (Å²) in [6, 6.07) is 9.52. The number of carbonyl (C=O) groups is 1. The van der Waals surface area contributed by atoms with E-state index in [1.54, 1.807) is 24.3 Å². The molecule has 1 N–H and O–H groups in total. The molecule has 28 heavy (non-hydrogen) atoms. The Kier molecular flexibility index (Phi) is 4.21. The van der Waals surface area contributed by atoms with Crippen molar-refractivity contribution in [2.24, 2.45) is 5.92 Å². The monoisotopic (exact) mass is 385 g/mol. The molecule has 2 fully saturated rings. The fourth-order valence-electron chi connectivity index (χ4n) is 4.13. The summed E-state index contributed by atoms with van der Waals surface area (Å²) in [5, 5.41) is 2.84. The second kappa shape index (κ2) is 6.64. The van der Waals surface area contributed by atoms with Crippen LogP contribution in [0.2, 0.25) is 0 Å². The summed E-state index contributed by atoms with van der Waals surface area (Å²) in [4.78, 5) is 12.8. The first-order chi connectivity index (χ1) is 13.5. The van der Waals surface area contributed by atoms with Gasteiger partial charge < -0.3 is 14.8 Å². The van der Waals surface area contributed by atoms with E-state index in [0.29, 0.717) is 23.8 Å². The molecule has 2 atom stereocenters. The van der Waals surface area contributed by atoms with Gasteiger partial charge in [-0.1, -0.05) is 31.0 Å². The van der Waals surface area contributed by atoms with Gasteiger partial charge in [0.1, 0.15) is 0 Å². The van der Waals surface area contributed by atoms with Crippen LogP contribution in [0.5, 0.6) is 0 Å². The van der Waals surface area contributed by atoms with Crippen molar-refractivity contribution in [3.63, 3.8) is 0 Å². The molecule has 0 bridgehead atoms. The van der Waals surface area contributed by atoms with Crippen LogP contribution >= 0.6 is 0 Å². The predicted octanol–water partition coefficient (Wildman–Crippen LogP) is 4.27. The van der Waals surface area contributed by atoms with Gasteiger partial charge in [0, 0.05) is 12.0 Å². The standard InChI is InChI=1S/C22H21F2NO3/c23-18-3-1-2-15(20(18)24)10-14-6-7-19-17(12-14)22(21(26)25-19)27-9-8-16(28-22)11-13-4-5-13/h1-3,6-7,12-13,16H,4-5,8-11H2,(H,25,26). The molecule has 3 aliphatic rings. The molecule has 2 unspecified atom stereocenters. The van der Waals surface area contributed by atoms with E-state index in [1.807, 2.05) is 0 Å². The van der Waals surface area contributed by atoms with Gasteiger partial charge in [0.15, 0.2) is 11.6 Å². The number of benzene rings is 2. The summed E-state index contributed by atoms with van der Waals surface area (Å²) >= 11 is 0. The third kappa shape index (κ3) is 3.01. The highest BCUT2D eigenvalue weighted by Gasteiger charge is 2.53. The number of hydrogen-bond donors (Lipinski definition) is 1. The van der Waals surface area contributed by atoms with E-state index in [-0.39, 0.29) is 24.0 Å². The van der Waals surface area contributed by atoms with Gasteiger partial charge in [0.25, 0.3) is 11.7 Å². The predicted molar refractivity (Wildman–Crippen MR) is 98.7 cm³/mol. The molecule has 1 amide bonds. The largest absolute Gasteiger partial charge is 0.338 e. The Balaban J connectivity index is 1.46. The summed E-state index contributed by atoms with van der Waals surface area (Å²) in [5.41, 5.74) is 2.28. The number of ether oxygens (including phenoxy) is 2. The summed E-state index contributed by atoms with van der Waals surface area (Å²) < 4.78 is 39.7. The van der Waals surface area contributed by atoms with E-state index in [4.69, 9.17) is 9.47 Å². The molecule has 0 aromatic heterocycles. The SMILES string of the molecule is O=C1Nc2ccc(Cc3cccc(F)c3F)cc2C12OCCC(CC1CC1)O2. The first kappa shape index (κ1) is 17.8. The Labute approximate surface area is 161 Å². The van der Waals surface area contributed by atoms with Gasteiger partial charge >= 0.3 is 0 Å². The number of carbonyl (C=O) groups excluding carboxylic acids is 1.